The van der Waals surface area contributed by atoms with Crippen molar-refractivity contribution in [2.45, 2.75) is 49.1 Å². The van der Waals surface area contributed by atoms with Gasteiger partial charge in [0.2, 0.25) is 5.91 Å². The summed E-state index contributed by atoms with van der Waals surface area (Å²) in [6, 6.07) is 5.79. The van der Waals surface area contributed by atoms with Gasteiger partial charge in [0.1, 0.15) is 11.1 Å². The quantitative estimate of drug-likeness (QED) is 0.459. The first-order valence-corrected chi connectivity index (χ1v) is 9.75. The number of carbonyl (C=O) groups is 2. The van der Waals surface area contributed by atoms with Crippen LogP contribution in [0, 0.1) is 12.7 Å². The average molecular weight is 405 g/mol. The van der Waals surface area contributed by atoms with Gasteiger partial charge in [0, 0.05) is 23.7 Å². The molecule has 0 aliphatic heterocycles. The molecule has 28 heavy (non-hydrogen) atoms. The van der Waals surface area contributed by atoms with E-state index < -0.39 is 22.6 Å². The minimum absolute atomic E-state index is 0.0814. The third-order valence-corrected chi connectivity index (χ3v) is 5.49. The van der Waals surface area contributed by atoms with Crippen molar-refractivity contribution >= 4 is 23.6 Å². The van der Waals surface area contributed by atoms with Crippen LogP contribution in [-0.4, -0.2) is 33.0 Å². The average Bonchev–Trinajstić information content (AvgIpc) is 3.43. The van der Waals surface area contributed by atoms with E-state index in [1.165, 1.54) is 24.3 Å². The lowest BCUT2D eigenvalue weighted by molar-refractivity contribution is -0.137. The van der Waals surface area contributed by atoms with E-state index in [0.29, 0.717) is 16.8 Å². The molecule has 3 rings (SSSR count). The Morgan fingerprint density at radius 2 is 2.04 bits per heavy atom. The summed E-state index contributed by atoms with van der Waals surface area (Å²) in [7, 11) is 0. The van der Waals surface area contributed by atoms with Crippen LogP contribution < -0.4 is 10.9 Å². The molecule has 3 N–H and O–H groups in total. The lowest BCUT2D eigenvalue weighted by Crippen LogP contribution is -2.30. The van der Waals surface area contributed by atoms with Gasteiger partial charge in [-0.3, -0.25) is 14.4 Å². The van der Waals surface area contributed by atoms with Gasteiger partial charge in [-0.1, -0.05) is 23.9 Å². The second-order valence-electron chi connectivity index (χ2n) is 6.66. The van der Waals surface area contributed by atoms with Crippen molar-refractivity contribution in [2.75, 3.05) is 0 Å². The van der Waals surface area contributed by atoms with E-state index in [1.807, 2.05) is 0 Å². The summed E-state index contributed by atoms with van der Waals surface area (Å²) in [5.74, 6) is -1.63. The number of thioether (sulfide) groups is 1. The molecule has 1 fully saturated rings. The van der Waals surface area contributed by atoms with E-state index in [0.717, 1.165) is 24.6 Å². The molecule has 9 heteroatoms. The highest BCUT2D eigenvalue weighted by atomic mass is 32.2. The zero-order valence-electron chi connectivity index (χ0n) is 15.2. The number of hydrogen-bond acceptors (Lipinski definition) is 5. The van der Waals surface area contributed by atoms with Crippen LogP contribution >= 0.6 is 11.8 Å². The van der Waals surface area contributed by atoms with Crippen LogP contribution in [0.15, 0.2) is 34.2 Å². The second-order valence-corrected chi connectivity index (χ2v) is 7.75. The minimum atomic E-state index is -0.995. The molecular weight excluding hydrogens is 385 g/mol. The smallest absolute Gasteiger partial charge is 0.303 e. The standard InChI is InChI=1S/C19H20FN3O4S/c1-10-14(8-9-15(24)25)17(26)23-19(21-10)28-16(18(27)22-13-6-7-13)11-2-4-12(20)5-3-11/h2-5,13,16H,6-9H2,1H3,(H,22,27)(H,24,25)(H,21,23,26). The van der Waals surface area contributed by atoms with Crippen molar-refractivity contribution < 1.29 is 19.1 Å². The van der Waals surface area contributed by atoms with Gasteiger partial charge in [-0.25, -0.2) is 9.37 Å². The molecule has 0 radical (unpaired) electrons. The number of carboxylic acid groups (broad SMARTS) is 1. The maximum absolute atomic E-state index is 13.3. The highest BCUT2D eigenvalue weighted by Crippen LogP contribution is 2.34. The minimum Gasteiger partial charge on any atom is -0.481 e. The number of nitrogens with zero attached hydrogens (tertiary/aromatic N) is 1. The fourth-order valence-electron chi connectivity index (χ4n) is 2.69. The van der Waals surface area contributed by atoms with Gasteiger partial charge in [0.05, 0.1) is 0 Å². The number of carbonyl (C=O) groups excluding carboxylic acids is 1. The zero-order chi connectivity index (χ0) is 20.3. The van der Waals surface area contributed by atoms with Crippen LogP contribution in [0.3, 0.4) is 0 Å². The van der Waals surface area contributed by atoms with Gasteiger partial charge in [-0.2, -0.15) is 0 Å². The van der Waals surface area contributed by atoms with E-state index in [9.17, 15) is 18.8 Å². The van der Waals surface area contributed by atoms with E-state index in [1.54, 1.807) is 6.92 Å². The van der Waals surface area contributed by atoms with Gasteiger partial charge in [0.15, 0.2) is 5.16 Å². The molecule has 0 spiro atoms. The van der Waals surface area contributed by atoms with Crippen molar-refractivity contribution in [3.8, 4) is 0 Å². The number of carboxylic acids is 1. The number of halogens is 1. The van der Waals surface area contributed by atoms with Crippen LogP contribution in [-0.2, 0) is 16.0 Å². The number of H-pyrrole nitrogens is 1. The maximum Gasteiger partial charge on any atom is 0.303 e. The van der Waals surface area contributed by atoms with Crippen molar-refractivity contribution in [3.05, 3.63) is 57.3 Å². The number of hydrogen-bond donors (Lipinski definition) is 3. The van der Waals surface area contributed by atoms with Crippen molar-refractivity contribution in [3.63, 3.8) is 0 Å². The molecule has 1 amide bonds. The Bertz CT molecular complexity index is 941. The zero-order valence-corrected chi connectivity index (χ0v) is 16.0. The summed E-state index contributed by atoms with van der Waals surface area (Å²) in [4.78, 5) is 42.7. The predicted molar refractivity (Wildman–Crippen MR) is 102 cm³/mol. The van der Waals surface area contributed by atoms with Crippen molar-refractivity contribution in [2.24, 2.45) is 0 Å². The Labute approximate surface area is 164 Å². The first-order chi connectivity index (χ1) is 13.3. The van der Waals surface area contributed by atoms with Gasteiger partial charge in [-0.05, 0) is 43.9 Å². The molecule has 1 unspecified atom stereocenters. The molecular formula is C19H20FN3O4S. The van der Waals surface area contributed by atoms with Gasteiger partial charge < -0.3 is 15.4 Å². The number of amides is 1. The number of benzene rings is 1. The normalized spacial score (nSPS) is 14.5. The van der Waals surface area contributed by atoms with Gasteiger partial charge in [-0.15, -0.1) is 0 Å². The first kappa shape index (κ1) is 20.1. The number of nitrogens with one attached hydrogen (secondary N) is 2. The summed E-state index contributed by atoms with van der Waals surface area (Å²) in [6.45, 7) is 1.63. The van der Waals surface area contributed by atoms with Gasteiger partial charge >= 0.3 is 5.97 Å². The molecule has 1 heterocycles. The molecule has 0 saturated heterocycles. The highest BCUT2D eigenvalue weighted by molar-refractivity contribution is 8.00. The Morgan fingerprint density at radius 3 is 2.61 bits per heavy atom. The third kappa shape index (κ3) is 5.19. The maximum atomic E-state index is 13.3. The van der Waals surface area contributed by atoms with E-state index >= 15 is 0 Å². The molecule has 1 atom stereocenters. The van der Waals surface area contributed by atoms with Crippen LogP contribution in [0.4, 0.5) is 4.39 Å². The Hall–Kier alpha value is -2.68. The molecule has 148 valence electrons. The number of aromatic nitrogens is 2. The fourth-order valence-corrected chi connectivity index (χ4v) is 3.73. The summed E-state index contributed by atoms with van der Waals surface area (Å²) in [5.41, 5.74) is 0.914. The SMILES string of the molecule is Cc1nc(SC(C(=O)NC2CC2)c2ccc(F)cc2)[nH]c(=O)c1CCC(=O)O. The number of aliphatic carboxylic acids is 1. The van der Waals surface area contributed by atoms with E-state index in [4.69, 9.17) is 5.11 Å². The lowest BCUT2D eigenvalue weighted by Gasteiger charge is -2.17. The fraction of sp³-hybridized carbons (Fsp3) is 0.368. The topological polar surface area (TPSA) is 112 Å². The van der Waals surface area contributed by atoms with Crippen LogP contribution in [0.2, 0.25) is 0 Å². The molecule has 7 nitrogen and oxygen atoms in total. The highest BCUT2D eigenvalue weighted by Gasteiger charge is 2.30. The molecule has 0 bridgehead atoms. The predicted octanol–water partition coefficient (Wildman–Crippen LogP) is 2.35. The van der Waals surface area contributed by atoms with Gasteiger partial charge in [0.25, 0.3) is 5.56 Å². The van der Waals surface area contributed by atoms with Crippen molar-refractivity contribution in [1.29, 1.82) is 0 Å². The Kier molecular flexibility index (Phi) is 6.13. The Morgan fingerprint density at radius 1 is 1.36 bits per heavy atom. The number of rotatable bonds is 8. The van der Waals surface area contributed by atoms with Crippen LogP contribution in [0.1, 0.15) is 41.3 Å². The first-order valence-electron chi connectivity index (χ1n) is 8.87. The van der Waals surface area contributed by atoms with E-state index in [-0.39, 0.29) is 29.9 Å². The molecule has 1 aliphatic rings. The van der Waals surface area contributed by atoms with Crippen LogP contribution in [0.25, 0.3) is 0 Å². The third-order valence-electron chi connectivity index (χ3n) is 4.35. The molecule has 1 aliphatic carbocycles. The monoisotopic (exact) mass is 405 g/mol. The lowest BCUT2D eigenvalue weighted by atomic mass is 10.1. The summed E-state index contributed by atoms with van der Waals surface area (Å²) in [6.07, 6.45) is 1.77. The molecule has 2 aromatic rings. The van der Waals surface area contributed by atoms with Crippen LogP contribution in [0.5, 0.6) is 0 Å². The molecule has 1 saturated carbocycles. The number of aryl methyl sites for hydroxylation is 1. The second kappa shape index (κ2) is 8.55. The number of aromatic amines is 1. The summed E-state index contributed by atoms with van der Waals surface area (Å²) >= 11 is 1.07. The van der Waals surface area contributed by atoms with Crippen molar-refractivity contribution in [1.82, 2.24) is 15.3 Å². The molecule has 1 aromatic carbocycles. The summed E-state index contributed by atoms with van der Waals surface area (Å²) < 4.78 is 13.3. The summed E-state index contributed by atoms with van der Waals surface area (Å²) in [5, 5.41) is 11.3. The molecule has 1 aromatic heterocycles. The van der Waals surface area contributed by atoms with E-state index in [2.05, 4.69) is 15.3 Å². The Balaban J connectivity index is 1.85. The largest absolute Gasteiger partial charge is 0.481 e.